The quantitative estimate of drug-likeness (QED) is 0.708. The Morgan fingerprint density at radius 1 is 0.852 bits per heavy atom. The Labute approximate surface area is 159 Å². The molecule has 1 atom stereocenters. The first-order valence-electron chi connectivity index (χ1n) is 8.58. The van der Waals surface area contributed by atoms with Crippen LogP contribution in [0.3, 0.4) is 0 Å². The van der Waals surface area contributed by atoms with Crippen LogP contribution in [-0.4, -0.2) is 4.57 Å². The number of nitriles is 3. The van der Waals surface area contributed by atoms with E-state index < -0.39 is 5.41 Å². The highest BCUT2D eigenvalue weighted by atomic mass is 14.9. The summed E-state index contributed by atoms with van der Waals surface area (Å²) < 4.78 is 2.06. The van der Waals surface area contributed by atoms with E-state index in [0.717, 1.165) is 16.8 Å². The number of benzene rings is 2. The van der Waals surface area contributed by atoms with Crippen molar-refractivity contribution < 1.29 is 0 Å². The largest absolute Gasteiger partial charge is 0.354 e. The van der Waals surface area contributed by atoms with E-state index in [9.17, 15) is 15.8 Å². The molecule has 4 heteroatoms. The lowest BCUT2D eigenvalue weighted by Crippen LogP contribution is -2.29. The van der Waals surface area contributed by atoms with E-state index in [4.69, 9.17) is 0 Å². The molecule has 130 valence electrons. The van der Waals surface area contributed by atoms with E-state index in [0.29, 0.717) is 17.5 Å². The maximum atomic E-state index is 9.75. The molecule has 1 unspecified atom stereocenters. The van der Waals surface area contributed by atoms with Crippen molar-refractivity contribution in [3.05, 3.63) is 94.3 Å². The summed E-state index contributed by atoms with van der Waals surface area (Å²) in [6, 6.07) is 23.6. The van der Waals surface area contributed by atoms with E-state index in [1.54, 1.807) is 6.07 Å². The first kappa shape index (κ1) is 18.0. The minimum atomic E-state index is -0.530. The van der Waals surface area contributed by atoms with Gasteiger partial charge in [-0.1, -0.05) is 37.3 Å². The van der Waals surface area contributed by atoms with Crippen LogP contribution in [0.5, 0.6) is 0 Å². The summed E-state index contributed by atoms with van der Waals surface area (Å²) in [5.41, 5.74) is 3.34. The van der Waals surface area contributed by atoms with Crippen molar-refractivity contribution in [1.82, 2.24) is 4.57 Å². The predicted octanol–water partition coefficient (Wildman–Crippen LogP) is 4.19. The van der Waals surface area contributed by atoms with Crippen LogP contribution in [0.15, 0.2) is 60.8 Å². The molecule has 0 amide bonds. The zero-order valence-corrected chi connectivity index (χ0v) is 15.3. The third kappa shape index (κ3) is 3.20. The molecule has 0 saturated carbocycles. The van der Waals surface area contributed by atoms with Crippen molar-refractivity contribution in [2.75, 3.05) is 0 Å². The Bertz CT molecular complexity index is 1100. The van der Waals surface area contributed by atoms with Crippen LogP contribution in [-0.2, 0) is 18.9 Å². The molecule has 4 nitrogen and oxygen atoms in total. The fourth-order valence-corrected chi connectivity index (χ4v) is 3.53. The van der Waals surface area contributed by atoms with Gasteiger partial charge in [0, 0.05) is 30.8 Å². The van der Waals surface area contributed by atoms with Gasteiger partial charge in [-0.05, 0) is 35.4 Å². The number of nitrogens with zero attached hydrogens (tertiary/aromatic N) is 4. The van der Waals surface area contributed by atoms with Gasteiger partial charge in [0.05, 0.1) is 22.8 Å². The van der Waals surface area contributed by atoms with E-state index in [-0.39, 0.29) is 5.56 Å². The molecular weight excluding hydrogens is 332 g/mol. The van der Waals surface area contributed by atoms with Gasteiger partial charge in [-0.2, -0.15) is 15.8 Å². The van der Waals surface area contributed by atoms with Crippen molar-refractivity contribution in [3.8, 4) is 18.2 Å². The minimum Gasteiger partial charge on any atom is -0.354 e. The van der Waals surface area contributed by atoms with E-state index in [1.807, 2.05) is 55.7 Å². The van der Waals surface area contributed by atoms with Gasteiger partial charge in [-0.15, -0.1) is 0 Å². The van der Waals surface area contributed by atoms with Crippen LogP contribution in [0.25, 0.3) is 0 Å². The summed E-state index contributed by atoms with van der Waals surface area (Å²) in [6.45, 7) is 2.08. The van der Waals surface area contributed by atoms with Crippen molar-refractivity contribution in [2.45, 2.75) is 18.8 Å². The third-order valence-corrected chi connectivity index (χ3v) is 5.11. The monoisotopic (exact) mass is 350 g/mol. The molecule has 27 heavy (non-hydrogen) atoms. The average molecular weight is 350 g/mol. The second-order valence-electron chi connectivity index (χ2n) is 6.76. The van der Waals surface area contributed by atoms with Crippen LogP contribution in [0.4, 0.5) is 0 Å². The molecule has 0 aliphatic carbocycles. The zero-order chi connectivity index (χ0) is 19.4. The Balaban J connectivity index is 2.29. The summed E-state index contributed by atoms with van der Waals surface area (Å²) >= 11 is 0. The molecule has 1 aromatic heterocycles. The lowest BCUT2D eigenvalue weighted by molar-refractivity contribution is 0.546. The highest BCUT2D eigenvalue weighted by Crippen LogP contribution is 2.38. The molecular formula is C23H18N4. The molecule has 0 fully saturated rings. The topological polar surface area (TPSA) is 76.3 Å². The van der Waals surface area contributed by atoms with Crippen LogP contribution >= 0.6 is 0 Å². The summed E-state index contributed by atoms with van der Waals surface area (Å²) in [5, 5.41) is 28.5. The molecule has 1 heterocycles. The average Bonchev–Trinajstić information content (AvgIpc) is 3.11. The summed E-state index contributed by atoms with van der Waals surface area (Å²) in [6.07, 6.45) is 2.65. The molecule has 0 aliphatic rings. The minimum absolute atomic E-state index is 0.229. The molecule has 0 N–H and O–H groups in total. The van der Waals surface area contributed by atoms with Crippen molar-refractivity contribution >= 4 is 0 Å². The van der Waals surface area contributed by atoms with E-state index in [1.165, 1.54) is 6.07 Å². The van der Waals surface area contributed by atoms with Gasteiger partial charge in [-0.25, -0.2) is 0 Å². The smallest absolute Gasteiger partial charge is 0.101 e. The Morgan fingerprint density at radius 3 is 2.04 bits per heavy atom. The van der Waals surface area contributed by atoms with Gasteiger partial charge in [-0.3, -0.25) is 0 Å². The highest BCUT2D eigenvalue weighted by molar-refractivity contribution is 5.58. The first-order valence-corrected chi connectivity index (χ1v) is 8.58. The van der Waals surface area contributed by atoms with Gasteiger partial charge in [0.1, 0.15) is 12.1 Å². The number of aromatic nitrogens is 1. The van der Waals surface area contributed by atoms with Gasteiger partial charge < -0.3 is 4.57 Å². The molecule has 0 saturated heterocycles. The van der Waals surface area contributed by atoms with Crippen molar-refractivity contribution in [2.24, 2.45) is 7.05 Å². The van der Waals surface area contributed by atoms with Crippen molar-refractivity contribution in [1.29, 1.82) is 15.8 Å². The van der Waals surface area contributed by atoms with Crippen LogP contribution in [0.2, 0.25) is 0 Å². The normalized spacial score (nSPS) is 12.4. The molecule has 0 bridgehead atoms. The zero-order valence-electron chi connectivity index (χ0n) is 15.3. The number of aryl methyl sites for hydroxylation is 1. The maximum absolute atomic E-state index is 9.75. The number of hydrogen-bond acceptors (Lipinski definition) is 3. The molecule has 0 radical (unpaired) electrons. The number of rotatable bonds is 4. The van der Waals surface area contributed by atoms with Gasteiger partial charge in [0.15, 0.2) is 0 Å². The summed E-state index contributed by atoms with van der Waals surface area (Å²) in [7, 11) is 1.99. The van der Waals surface area contributed by atoms with Gasteiger partial charge in [0.2, 0.25) is 0 Å². The molecule has 2 aromatic carbocycles. The molecule has 3 aromatic rings. The summed E-state index contributed by atoms with van der Waals surface area (Å²) in [5.74, 6) is 0. The van der Waals surface area contributed by atoms with Crippen LogP contribution < -0.4 is 0 Å². The van der Waals surface area contributed by atoms with Crippen LogP contribution in [0, 0.1) is 34.0 Å². The molecule has 3 rings (SSSR count). The first-order chi connectivity index (χ1) is 13.0. The maximum Gasteiger partial charge on any atom is 0.101 e. The third-order valence-electron chi connectivity index (χ3n) is 5.11. The predicted molar refractivity (Wildman–Crippen MR) is 103 cm³/mol. The Hall–Kier alpha value is -3.81. The van der Waals surface area contributed by atoms with Gasteiger partial charge >= 0.3 is 0 Å². The standard InChI is InChI=1S/C23H18N4/c1-23(20-7-4-3-5-8-20,13-21-9-6-10-27(21)2)22-12-18(15-25)17(14-24)11-19(22)16-26/h3-12H,13H2,1-2H3. The highest BCUT2D eigenvalue weighted by Gasteiger charge is 2.33. The Kier molecular flexibility index (Phi) is 4.80. The fourth-order valence-electron chi connectivity index (χ4n) is 3.53. The fraction of sp³-hybridized carbons (Fsp3) is 0.174. The number of hydrogen-bond donors (Lipinski definition) is 0. The van der Waals surface area contributed by atoms with E-state index in [2.05, 4.69) is 29.7 Å². The second kappa shape index (κ2) is 7.20. The summed E-state index contributed by atoms with van der Waals surface area (Å²) in [4.78, 5) is 0. The second-order valence-corrected chi connectivity index (χ2v) is 6.76. The van der Waals surface area contributed by atoms with Crippen LogP contribution in [0.1, 0.15) is 40.4 Å². The molecule has 0 aliphatic heterocycles. The lowest BCUT2D eigenvalue weighted by atomic mass is 9.70. The lowest BCUT2D eigenvalue weighted by Gasteiger charge is -2.32. The SMILES string of the molecule is Cn1cccc1CC(C)(c1ccccc1)c1cc(C#N)c(C#N)cc1C#N. The molecule has 0 spiro atoms. The van der Waals surface area contributed by atoms with Gasteiger partial charge in [0.25, 0.3) is 0 Å². The van der Waals surface area contributed by atoms with Crippen molar-refractivity contribution in [3.63, 3.8) is 0 Å². The van der Waals surface area contributed by atoms with E-state index >= 15 is 0 Å². The Morgan fingerprint density at radius 2 is 1.48 bits per heavy atom.